The predicted molar refractivity (Wildman–Crippen MR) is 42.1 cm³/mol. The minimum absolute atomic E-state index is 0.191. The van der Waals surface area contributed by atoms with Crippen molar-refractivity contribution in [2.75, 3.05) is 0 Å². The topological polar surface area (TPSA) is 70.1 Å². The quantitative estimate of drug-likeness (QED) is 0.231. The highest BCUT2D eigenvalue weighted by Gasteiger charge is 2.16. The summed E-state index contributed by atoms with van der Waals surface area (Å²) in [5, 5.41) is 20.3. The van der Waals surface area contributed by atoms with Gasteiger partial charge in [-0.1, -0.05) is 0 Å². The SMILES string of the molecule is O=[N+]([O-])c1cc(Cl)[n+]([O-])c(Cl)c1. The van der Waals surface area contributed by atoms with Gasteiger partial charge in [-0.05, 0) is 23.2 Å². The van der Waals surface area contributed by atoms with Crippen LogP contribution in [0.1, 0.15) is 0 Å². The number of aromatic nitrogens is 1. The second-order valence-corrected chi connectivity index (χ2v) is 2.68. The fraction of sp³-hybridized carbons (Fsp3) is 0. The van der Waals surface area contributed by atoms with Crippen LogP contribution in [0.15, 0.2) is 12.1 Å². The van der Waals surface area contributed by atoms with Crippen LogP contribution in [0.4, 0.5) is 5.69 Å². The molecule has 64 valence electrons. The Balaban J connectivity index is 3.31. The van der Waals surface area contributed by atoms with E-state index in [0.29, 0.717) is 0 Å². The van der Waals surface area contributed by atoms with Crippen LogP contribution in [0.2, 0.25) is 10.3 Å². The first-order valence-corrected chi connectivity index (χ1v) is 3.51. The average Bonchev–Trinajstić information content (AvgIpc) is 1.99. The highest BCUT2D eigenvalue weighted by Crippen LogP contribution is 2.18. The fourth-order valence-electron chi connectivity index (χ4n) is 0.610. The van der Waals surface area contributed by atoms with Crippen molar-refractivity contribution in [2.24, 2.45) is 0 Å². The summed E-state index contributed by atoms with van der Waals surface area (Å²) >= 11 is 10.6. The third kappa shape index (κ3) is 1.57. The molecule has 0 atom stereocenters. The van der Waals surface area contributed by atoms with Gasteiger partial charge in [0.25, 0.3) is 16.0 Å². The molecule has 12 heavy (non-hydrogen) atoms. The maximum atomic E-state index is 10.8. The first-order chi connectivity index (χ1) is 5.52. The number of hydrogen-bond acceptors (Lipinski definition) is 3. The number of hydrogen-bond donors (Lipinski definition) is 0. The van der Waals surface area contributed by atoms with Crippen molar-refractivity contribution in [2.45, 2.75) is 0 Å². The molecule has 0 fully saturated rings. The Morgan fingerprint density at radius 1 is 1.33 bits per heavy atom. The molecule has 7 heteroatoms. The summed E-state index contributed by atoms with van der Waals surface area (Å²) in [4.78, 5) is 9.51. The summed E-state index contributed by atoms with van der Waals surface area (Å²) in [7, 11) is 0. The smallest absolute Gasteiger partial charge is 0.294 e. The molecule has 0 saturated carbocycles. The van der Waals surface area contributed by atoms with Crippen molar-refractivity contribution in [1.82, 2.24) is 0 Å². The molecular formula is C5H2Cl2N2O3. The first kappa shape index (κ1) is 9.02. The monoisotopic (exact) mass is 208 g/mol. The van der Waals surface area contributed by atoms with Gasteiger partial charge in [0.15, 0.2) is 0 Å². The molecule has 0 amide bonds. The van der Waals surface area contributed by atoms with Gasteiger partial charge in [-0.15, -0.1) is 4.73 Å². The Labute approximate surface area is 76.9 Å². The van der Waals surface area contributed by atoms with E-state index in [4.69, 9.17) is 23.2 Å². The Morgan fingerprint density at radius 3 is 2.08 bits per heavy atom. The van der Waals surface area contributed by atoms with Crippen molar-refractivity contribution >= 4 is 28.9 Å². The van der Waals surface area contributed by atoms with E-state index in [0.717, 1.165) is 12.1 Å². The molecule has 0 saturated heterocycles. The fourth-order valence-corrected chi connectivity index (χ4v) is 1.06. The lowest BCUT2D eigenvalue weighted by Crippen LogP contribution is -2.28. The van der Waals surface area contributed by atoms with Crippen LogP contribution in [-0.4, -0.2) is 4.92 Å². The maximum absolute atomic E-state index is 10.8. The number of halogens is 2. The van der Waals surface area contributed by atoms with Gasteiger partial charge in [0.05, 0.1) is 4.92 Å². The van der Waals surface area contributed by atoms with E-state index in [1.54, 1.807) is 0 Å². The third-order valence-electron chi connectivity index (χ3n) is 1.13. The van der Waals surface area contributed by atoms with Gasteiger partial charge in [0, 0.05) is 0 Å². The maximum Gasteiger partial charge on any atom is 0.294 e. The largest absolute Gasteiger partial charge is 0.617 e. The Bertz CT molecular complexity index is 318. The lowest BCUT2D eigenvalue weighted by Gasteiger charge is -1.99. The zero-order valence-corrected chi connectivity index (χ0v) is 7.04. The van der Waals surface area contributed by atoms with E-state index in [1.165, 1.54) is 0 Å². The molecule has 0 aliphatic carbocycles. The molecule has 0 aliphatic rings. The van der Waals surface area contributed by atoms with Crippen LogP contribution < -0.4 is 4.73 Å². The van der Waals surface area contributed by atoms with Crippen molar-refractivity contribution in [1.29, 1.82) is 0 Å². The zero-order valence-electron chi connectivity index (χ0n) is 5.53. The normalized spacial score (nSPS) is 9.83. The molecule has 0 bridgehead atoms. The third-order valence-corrected chi connectivity index (χ3v) is 1.66. The molecule has 1 aromatic heterocycles. The number of nitro groups is 1. The van der Waals surface area contributed by atoms with Crippen LogP contribution in [0, 0.1) is 15.3 Å². The minimum atomic E-state index is -0.683. The lowest BCUT2D eigenvalue weighted by molar-refractivity contribution is -0.601. The van der Waals surface area contributed by atoms with E-state index in [1.807, 2.05) is 0 Å². The zero-order chi connectivity index (χ0) is 9.30. The Hall–Kier alpha value is -1.07. The summed E-state index contributed by atoms with van der Waals surface area (Å²) < 4.78 is 0.191. The Morgan fingerprint density at radius 2 is 1.75 bits per heavy atom. The molecule has 1 heterocycles. The first-order valence-electron chi connectivity index (χ1n) is 2.75. The van der Waals surface area contributed by atoms with Crippen molar-refractivity contribution in [3.63, 3.8) is 0 Å². The van der Waals surface area contributed by atoms with E-state index < -0.39 is 4.92 Å². The summed E-state index contributed by atoms with van der Waals surface area (Å²) in [6, 6.07) is 1.86. The molecule has 0 radical (unpaired) electrons. The van der Waals surface area contributed by atoms with E-state index in [-0.39, 0.29) is 20.7 Å². The second-order valence-electron chi connectivity index (χ2n) is 1.91. The van der Waals surface area contributed by atoms with E-state index >= 15 is 0 Å². The van der Waals surface area contributed by atoms with Gasteiger partial charge in [-0.25, -0.2) is 0 Å². The highest BCUT2D eigenvalue weighted by molar-refractivity contribution is 6.31. The molecule has 5 nitrogen and oxygen atoms in total. The number of pyridine rings is 1. The van der Waals surface area contributed by atoms with Gasteiger partial charge in [-0.2, -0.15) is 0 Å². The highest BCUT2D eigenvalue weighted by atomic mass is 35.5. The number of rotatable bonds is 1. The second kappa shape index (κ2) is 3.12. The van der Waals surface area contributed by atoms with Gasteiger partial charge in [-0.3, -0.25) is 10.1 Å². The Kier molecular flexibility index (Phi) is 2.35. The predicted octanol–water partition coefficient (Wildman–Crippen LogP) is 1.53. The van der Waals surface area contributed by atoms with Crippen LogP contribution in [0.25, 0.3) is 0 Å². The number of nitrogens with zero attached hydrogens (tertiary/aromatic N) is 2. The van der Waals surface area contributed by atoms with Gasteiger partial charge < -0.3 is 5.21 Å². The van der Waals surface area contributed by atoms with E-state index in [2.05, 4.69) is 0 Å². The van der Waals surface area contributed by atoms with E-state index in [9.17, 15) is 15.3 Å². The lowest BCUT2D eigenvalue weighted by atomic mass is 10.4. The van der Waals surface area contributed by atoms with Crippen LogP contribution in [-0.2, 0) is 0 Å². The van der Waals surface area contributed by atoms with Crippen LogP contribution in [0.5, 0.6) is 0 Å². The minimum Gasteiger partial charge on any atom is -0.617 e. The standard InChI is InChI=1S/C5H2Cl2N2O3/c6-4-1-3(9(11)12)2-5(7)8(4)10/h1-2H. The summed E-state index contributed by atoms with van der Waals surface area (Å²) in [6.45, 7) is 0. The molecule has 0 aromatic carbocycles. The van der Waals surface area contributed by atoms with Gasteiger partial charge in [0.1, 0.15) is 12.1 Å². The van der Waals surface area contributed by atoms with Gasteiger partial charge >= 0.3 is 0 Å². The molecule has 0 N–H and O–H groups in total. The molecule has 1 aromatic rings. The summed E-state index contributed by atoms with van der Waals surface area (Å²) in [6.07, 6.45) is 0. The van der Waals surface area contributed by atoms with Gasteiger partial charge in [0.2, 0.25) is 0 Å². The molecular weight excluding hydrogens is 207 g/mol. The average molecular weight is 209 g/mol. The van der Waals surface area contributed by atoms with Crippen molar-refractivity contribution in [3.05, 3.63) is 37.8 Å². The summed E-state index contributed by atoms with van der Waals surface area (Å²) in [5.41, 5.74) is -0.308. The van der Waals surface area contributed by atoms with Crippen LogP contribution >= 0.6 is 23.2 Å². The molecule has 0 unspecified atom stereocenters. The van der Waals surface area contributed by atoms with Crippen molar-refractivity contribution in [3.8, 4) is 0 Å². The molecule has 1 rings (SSSR count). The summed E-state index contributed by atoms with van der Waals surface area (Å²) in [5.74, 6) is 0. The van der Waals surface area contributed by atoms with Crippen LogP contribution in [0.3, 0.4) is 0 Å². The molecule has 0 spiro atoms. The molecule has 0 aliphatic heterocycles. The van der Waals surface area contributed by atoms with Crippen molar-refractivity contribution < 1.29 is 9.65 Å².